The molecule has 0 spiro atoms. The lowest BCUT2D eigenvalue weighted by Gasteiger charge is -2.40. The topological polar surface area (TPSA) is 41.6 Å². The predicted molar refractivity (Wildman–Crippen MR) is 86.4 cm³/mol. The molecular formula is C16H26N2O2S. The minimum absolute atomic E-state index is 0.0100. The van der Waals surface area contributed by atoms with Crippen molar-refractivity contribution < 1.29 is 9.53 Å². The number of thiophene rings is 1. The van der Waals surface area contributed by atoms with Gasteiger partial charge in [0.05, 0.1) is 19.2 Å². The van der Waals surface area contributed by atoms with E-state index in [9.17, 15) is 4.79 Å². The number of carbonyl (C=O) groups excluding carboxylic acids is 1. The van der Waals surface area contributed by atoms with Crippen LogP contribution in [0, 0.1) is 5.41 Å². The van der Waals surface area contributed by atoms with Crippen LogP contribution in [0.25, 0.3) is 0 Å². The Labute approximate surface area is 131 Å². The number of piperidine rings is 1. The van der Waals surface area contributed by atoms with Gasteiger partial charge in [-0.15, -0.1) is 11.3 Å². The van der Waals surface area contributed by atoms with Crippen molar-refractivity contribution in [2.24, 2.45) is 5.41 Å². The molecule has 0 bridgehead atoms. The molecule has 1 N–H and O–H groups in total. The Hall–Kier alpha value is -0.910. The summed E-state index contributed by atoms with van der Waals surface area (Å²) in [7, 11) is 1.68. The lowest BCUT2D eigenvalue weighted by Crippen LogP contribution is -2.56. The number of nitrogens with zero attached hydrogens (tertiary/aromatic N) is 1. The van der Waals surface area contributed by atoms with Crippen LogP contribution in [-0.2, 0) is 16.1 Å². The Morgan fingerprint density at radius 2 is 2.38 bits per heavy atom. The van der Waals surface area contributed by atoms with Crippen LogP contribution in [0.15, 0.2) is 17.5 Å². The molecule has 1 amide bonds. The van der Waals surface area contributed by atoms with E-state index in [0.29, 0.717) is 19.7 Å². The van der Waals surface area contributed by atoms with Crippen LogP contribution < -0.4 is 5.32 Å². The molecule has 1 aliphatic heterocycles. The van der Waals surface area contributed by atoms with Crippen LogP contribution >= 0.6 is 11.3 Å². The van der Waals surface area contributed by atoms with Gasteiger partial charge in [-0.3, -0.25) is 4.79 Å². The third-order valence-electron chi connectivity index (χ3n) is 4.18. The van der Waals surface area contributed by atoms with E-state index in [1.165, 1.54) is 4.88 Å². The molecule has 21 heavy (non-hydrogen) atoms. The monoisotopic (exact) mass is 310 g/mol. The molecule has 2 heterocycles. The first kappa shape index (κ1) is 16.5. The van der Waals surface area contributed by atoms with Gasteiger partial charge in [-0.1, -0.05) is 19.9 Å². The molecular weight excluding hydrogens is 284 g/mol. The predicted octanol–water partition coefficient (Wildman–Crippen LogP) is 2.50. The van der Waals surface area contributed by atoms with Gasteiger partial charge >= 0.3 is 0 Å². The smallest absolute Gasteiger partial charge is 0.240 e. The first-order valence-corrected chi connectivity index (χ1v) is 8.46. The molecule has 1 saturated heterocycles. The zero-order valence-corrected chi connectivity index (χ0v) is 14.0. The molecule has 0 aromatic carbocycles. The molecule has 1 aromatic rings. The maximum absolute atomic E-state index is 13.0. The second-order valence-corrected chi connectivity index (χ2v) is 7.34. The third kappa shape index (κ3) is 4.28. The molecule has 1 aromatic heterocycles. The summed E-state index contributed by atoms with van der Waals surface area (Å²) in [4.78, 5) is 16.1. The summed E-state index contributed by atoms with van der Waals surface area (Å²) in [5, 5.41) is 5.47. The molecule has 1 atom stereocenters. The number of carbonyl (C=O) groups is 1. The van der Waals surface area contributed by atoms with Crippen molar-refractivity contribution in [1.82, 2.24) is 10.2 Å². The van der Waals surface area contributed by atoms with Gasteiger partial charge in [0.15, 0.2) is 0 Å². The normalized spacial score (nSPS) is 21.2. The number of methoxy groups -OCH3 is 1. The average molecular weight is 310 g/mol. The lowest BCUT2D eigenvalue weighted by molar-refractivity contribution is -0.138. The third-order valence-corrected chi connectivity index (χ3v) is 5.04. The van der Waals surface area contributed by atoms with E-state index in [0.717, 1.165) is 19.4 Å². The van der Waals surface area contributed by atoms with Crippen molar-refractivity contribution >= 4 is 17.2 Å². The van der Waals surface area contributed by atoms with Gasteiger partial charge in [-0.05, 0) is 36.2 Å². The van der Waals surface area contributed by atoms with Crippen molar-refractivity contribution in [3.63, 3.8) is 0 Å². The molecule has 0 aliphatic carbocycles. The van der Waals surface area contributed by atoms with E-state index in [1.807, 2.05) is 11.0 Å². The van der Waals surface area contributed by atoms with Crippen molar-refractivity contribution in [2.45, 2.75) is 39.3 Å². The average Bonchev–Trinajstić information content (AvgIpc) is 2.95. The van der Waals surface area contributed by atoms with E-state index >= 15 is 0 Å². The van der Waals surface area contributed by atoms with Crippen LogP contribution in [0.3, 0.4) is 0 Å². The van der Waals surface area contributed by atoms with Crippen molar-refractivity contribution in [1.29, 1.82) is 0 Å². The lowest BCUT2D eigenvalue weighted by atomic mass is 9.77. The number of nitrogens with one attached hydrogen (secondary N) is 1. The summed E-state index contributed by atoms with van der Waals surface area (Å²) >= 11 is 1.69. The zero-order chi connectivity index (χ0) is 15.3. The van der Waals surface area contributed by atoms with Crippen LogP contribution in [-0.4, -0.2) is 43.7 Å². The highest BCUT2D eigenvalue weighted by Gasteiger charge is 2.39. The van der Waals surface area contributed by atoms with Crippen LogP contribution in [0.1, 0.15) is 31.6 Å². The number of amides is 1. The van der Waals surface area contributed by atoms with Gasteiger partial charge in [0.25, 0.3) is 0 Å². The van der Waals surface area contributed by atoms with Crippen molar-refractivity contribution in [2.75, 3.05) is 26.8 Å². The molecule has 1 fully saturated rings. The minimum Gasteiger partial charge on any atom is -0.383 e. The molecule has 4 nitrogen and oxygen atoms in total. The fourth-order valence-electron chi connectivity index (χ4n) is 2.87. The first-order valence-electron chi connectivity index (χ1n) is 7.58. The molecule has 1 unspecified atom stereocenters. The minimum atomic E-state index is -0.0944. The molecule has 118 valence electrons. The van der Waals surface area contributed by atoms with Crippen molar-refractivity contribution in [3.8, 4) is 0 Å². The zero-order valence-electron chi connectivity index (χ0n) is 13.2. The highest BCUT2D eigenvalue weighted by molar-refractivity contribution is 7.09. The summed E-state index contributed by atoms with van der Waals surface area (Å²) in [6, 6.07) is 4.02. The second-order valence-electron chi connectivity index (χ2n) is 6.31. The highest BCUT2D eigenvalue weighted by Crippen LogP contribution is 2.31. The van der Waals surface area contributed by atoms with E-state index < -0.39 is 0 Å². The molecule has 0 radical (unpaired) electrons. The van der Waals surface area contributed by atoms with Gasteiger partial charge in [0.2, 0.25) is 5.91 Å². The highest BCUT2D eigenvalue weighted by atomic mass is 32.1. The summed E-state index contributed by atoms with van der Waals surface area (Å²) < 4.78 is 5.17. The fraction of sp³-hybridized carbons (Fsp3) is 0.688. The summed E-state index contributed by atoms with van der Waals surface area (Å²) in [6.07, 6.45) is 2.23. The number of hydrogen-bond donors (Lipinski definition) is 1. The van der Waals surface area contributed by atoms with E-state index in [2.05, 4.69) is 30.6 Å². The van der Waals surface area contributed by atoms with Crippen LogP contribution in [0.4, 0.5) is 0 Å². The van der Waals surface area contributed by atoms with Gasteiger partial charge in [0.1, 0.15) is 0 Å². The molecule has 1 aliphatic rings. The van der Waals surface area contributed by atoms with Crippen molar-refractivity contribution in [3.05, 3.63) is 22.4 Å². The summed E-state index contributed by atoms with van der Waals surface area (Å²) in [6.45, 7) is 7.18. The van der Waals surface area contributed by atoms with Gasteiger partial charge in [-0.25, -0.2) is 0 Å². The summed E-state index contributed by atoms with van der Waals surface area (Å²) in [5.41, 5.74) is 0.0100. The van der Waals surface area contributed by atoms with E-state index in [4.69, 9.17) is 4.74 Å². The van der Waals surface area contributed by atoms with Crippen LogP contribution in [0.2, 0.25) is 0 Å². The summed E-state index contributed by atoms with van der Waals surface area (Å²) in [5.74, 6) is 0.199. The SMILES string of the molecule is COCCN(Cc1cccs1)C(=O)C1NCCCC1(C)C. The van der Waals surface area contributed by atoms with E-state index in [-0.39, 0.29) is 17.4 Å². The number of rotatable bonds is 6. The Morgan fingerprint density at radius 3 is 3.00 bits per heavy atom. The Kier molecular flexibility index (Phi) is 5.79. The second kappa shape index (κ2) is 7.38. The maximum Gasteiger partial charge on any atom is 0.240 e. The van der Waals surface area contributed by atoms with Gasteiger partial charge in [0, 0.05) is 18.5 Å². The molecule has 0 saturated carbocycles. The number of hydrogen-bond acceptors (Lipinski definition) is 4. The Bertz CT molecular complexity index is 445. The largest absolute Gasteiger partial charge is 0.383 e. The fourth-order valence-corrected chi connectivity index (χ4v) is 3.59. The number of ether oxygens (including phenoxy) is 1. The van der Waals surface area contributed by atoms with Gasteiger partial charge in [-0.2, -0.15) is 0 Å². The molecule has 2 rings (SSSR count). The molecule has 5 heteroatoms. The van der Waals surface area contributed by atoms with Gasteiger partial charge < -0.3 is 15.0 Å². The van der Waals surface area contributed by atoms with Crippen LogP contribution in [0.5, 0.6) is 0 Å². The van der Waals surface area contributed by atoms with E-state index in [1.54, 1.807) is 18.4 Å². The Morgan fingerprint density at radius 1 is 1.57 bits per heavy atom. The Balaban J connectivity index is 2.09. The maximum atomic E-state index is 13.0. The standard InChI is InChI=1S/C16H26N2O2S/c1-16(2)7-5-8-17-14(16)15(19)18(9-10-20-3)12-13-6-4-11-21-13/h4,6,11,14,17H,5,7-10,12H2,1-3H3. The first-order chi connectivity index (χ1) is 10.0. The quantitative estimate of drug-likeness (QED) is 0.878.